The average molecular weight is 408 g/mol. The third kappa shape index (κ3) is 5.22. The molecule has 1 N–H and O–H groups in total. The number of fused-ring (bicyclic) bond motifs is 1. The van der Waals surface area contributed by atoms with Crippen LogP contribution >= 0.6 is 23.4 Å². The first-order valence-electron chi connectivity index (χ1n) is 8.35. The lowest BCUT2D eigenvalue weighted by atomic mass is 10.2. The fourth-order valence-corrected chi connectivity index (χ4v) is 3.61. The van der Waals surface area contributed by atoms with E-state index in [2.05, 4.69) is 10.3 Å². The SMILES string of the molecule is COCCn1c(SCC(=O)NCc2ccc(F)cc2)nc2cc(Cl)ccc21. The van der Waals surface area contributed by atoms with Gasteiger partial charge < -0.3 is 14.6 Å². The van der Waals surface area contributed by atoms with Crippen LogP contribution in [0.15, 0.2) is 47.6 Å². The normalized spacial score (nSPS) is 11.1. The van der Waals surface area contributed by atoms with Gasteiger partial charge in [-0.05, 0) is 35.9 Å². The van der Waals surface area contributed by atoms with Crippen LogP contribution in [-0.4, -0.2) is 34.9 Å². The van der Waals surface area contributed by atoms with Gasteiger partial charge >= 0.3 is 0 Å². The summed E-state index contributed by atoms with van der Waals surface area (Å²) in [5.74, 6) is -0.186. The number of nitrogens with zero attached hydrogens (tertiary/aromatic N) is 2. The van der Waals surface area contributed by atoms with Crippen molar-refractivity contribution in [3.05, 3.63) is 58.9 Å². The highest BCUT2D eigenvalue weighted by Crippen LogP contribution is 2.26. The van der Waals surface area contributed by atoms with Crippen molar-refractivity contribution in [2.45, 2.75) is 18.2 Å². The predicted molar refractivity (Wildman–Crippen MR) is 106 cm³/mol. The second-order valence-electron chi connectivity index (χ2n) is 5.86. The molecule has 0 saturated carbocycles. The Kier molecular flexibility index (Phi) is 6.71. The largest absolute Gasteiger partial charge is 0.383 e. The molecular weight excluding hydrogens is 389 g/mol. The minimum absolute atomic E-state index is 0.118. The van der Waals surface area contributed by atoms with Crippen molar-refractivity contribution < 1.29 is 13.9 Å². The van der Waals surface area contributed by atoms with Crippen LogP contribution in [0.25, 0.3) is 11.0 Å². The molecule has 8 heteroatoms. The molecule has 3 aromatic rings. The van der Waals surface area contributed by atoms with Gasteiger partial charge in [-0.25, -0.2) is 9.37 Å². The molecule has 0 aliphatic carbocycles. The number of carbonyl (C=O) groups excluding carboxylic acids is 1. The first-order valence-corrected chi connectivity index (χ1v) is 9.72. The van der Waals surface area contributed by atoms with Gasteiger partial charge in [-0.1, -0.05) is 35.5 Å². The maximum atomic E-state index is 12.9. The van der Waals surface area contributed by atoms with Crippen LogP contribution in [0.2, 0.25) is 5.02 Å². The lowest BCUT2D eigenvalue weighted by molar-refractivity contribution is -0.118. The minimum atomic E-state index is -0.296. The zero-order valence-corrected chi connectivity index (χ0v) is 16.3. The molecule has 0 aliphatic heterocycles. The highest BCUT2D eigenvalue weighted by atomic mass is 35.5. The van der Waals surface area contributed by atoms with E-state index >= 15 is 0 Å². The number of hydrogen-bond acceptors (Lipinski definition) is 4. The number of methoxy groups -OCH3 is 1. The summed E-state index contributed by atoms with van der Waals surface area (Å²) in [4.78, 5) is 16.8. The smallest absolute Gasteiger partial charge is 0.230 e. The average Bonchev–Trinajstić information content (AvgIpc) is 3.00. The van der Waals surface area contributed by atoms with E-state index in [1.807, 2.05) is 16.7 Å². The Morgan fingerprint density at radius 1 is 1.30 bits per heavy atom. The van der Waals surface area contributed by atoms with Gasteiger partial charge in [0, 0.05) is 25.2 Å². The Balaban J connectivity index is 1.64. The molecule has 0 bridgehead atoms. The van der Waals surface area contributed by atoms with Crippen molar-refractivity contribution in [1.82, 2.24) is 14.9 Å². The minimum Gasteiger partial charge on any atom is -0.383 e. The zero-order valence-electron chi connectivity index (χ0n) is 14.7. The number of aromatic nitrogens is 2. The van der Waals surface area contributed by atoms with Gasteiger partial charge in [0.2, 0.25) is 5.91 Å². The molecule has 0 radical (unpaired) electrons. The Bertz CT molecular complexity index is 931. The summed E-state index contributed by atoms with van der Waals surface area (Å²) >= 11 is 7.41. The van der Waals surface area contributed by atoms with Crippen molar-refractivity contribution in [2.24, 2.45) is 0 Å². The van der Waals surface area contributed by atoms with E-state index in [0.717, 1.165) is 21.8 Å². The van der Waals surface area contributed by atoms with Crippen LogP contribution in [0.1, 0.15) is 5.56 Å². The lowest BCUT2D eigenvalue weighted by Gasteiger charge is -2.09. The molecule has 27 heavy (non-hydrogen) atoms. The second kappa shape index (κ2) is 9.21. The van der Waals surface area contributed by atoms with E-state index in [9.17, 15) is 9.18 Å². The molecule has 2 aromatic carbocycles. The second-order valence-corrected chi connectivity index (χ2v) is 7.24. The number of nitrogens with one attached hydrogen (secondary N) is 1. The van der Waals surface area contributed by atoms with E-state index in [0.29, 0.717) is 24.7 Å². The van der Waals surface area contributed by atoms with Gasteiger partial charge in [0.05, 0.1) is 23.4 Å². The molecule has 0 atom stereocenters. The summed E-state index contributed by atoms with van der Waals surface area (Å²) in [6.07, 6.45) is 0. The molecule has 1 amide bonds. The van der Waals surface area contributed by atoms with E-state index < -0.39 is 0 Å². The number of ether oxygens (including phenoxy) is 1. The molecule has 0 unspecified atom stereocenters. The third-order valence-electron chi connectivity index (χ3n) is 3.93. The molecule has 0 spiro atoms. The van der Waals surface area contributed by atoms with E-state index in [-0.39, 0.29) is 17.5 Å². The first-order chi connectivity index (χ1) is 13.1. The summed E-state index contributed by atoms with van der Waals surface area (Å²) < 4.78 is 20.1. The van der Waals surface area contributed by atoms with Crippen molar-refractivity contribution in [2.75, 3.05) is 19.5 Å². The van der Waals surface area contributed by atoms with Crippen LogP contribution in [0, 0.1) is 5.82 Å². The van der Waals surface area contributed by atoms with Crippen molar-refractivity contribution in [3.8, 4) is 0 Å². The van der Waals surface area contributed by atoms with Gasteiger partial charge in [0.1, 0.15) is 5.82 Å². The topological polar surface area (TPSA) is 56.1 Å². The zero-order chi connectivity index (χ0) is 19.2. The summed E-state index contributed by atoms with van der Waals surface area (Å²) in [6, 6.07) is 11.6. The molecular formula is C19H19ClFN3O2S. The number of amides is 1. The molecule has 1 heterocycles. The molecule has 5 nitrogen and oxygen atoms in total. The maximum Gasteiger partial charge on any atom is 0.230 e. The van der Waals surface area contributed by atoms with Crippen molar-refractivity contribution in [3.63, 3.8) is 0 Å². The third-order valence-corrected chi connectivity index (χ3v) is 5.14. The van der Waals surface area contributed by atoms with Gasteiger partial charge in [-0.2, -0.15) is 0 Å². The van der Waals surface area contributed by atoms with Crippen LogP contribution < -0.4 is 5.32 Å². The number of benzene rings is 2. The van der Waals surface area contributed by atoms with Gasteiger partial charge in [0.15, 0.2) is 5.16 Å². The maximum absolute atomic E-state index is 12.9. The molecule has 3 rings (SSSR count). The fourth-order valence-electron chi connectivity index (χ4n) is 2.57. The number of rotatable bonds is 8. The van der Waals surface area contributed by atoms with Crippen LogP contribution in [-0.2, 0) is 22.6 Å². The number of carbonyl (C=O) groups is 1. The van der Waals surface area contributed by atoms with E-state index in [4.69, 9.17) is 16.3 Å². The Hall–Kier alpha value is -2.09. The summed E-state index contributed by atoms with van der Waals surface area (Å²) in [5.41, 5.74) is 2.58. The monoisotopic (exact) mass is 407 g/mol. The van der Waals surface area contributed by atoms with E-state index in [1.54, 1.807) is 25.3 Å². The summed E-state index contributed by atoms with van der Waals surface area (Å²) in [5, 5.41) is 4.18. The fraction of sp³-hybridized carbons (Fsp3) is 0.263. The highest BCUT2D eigenvalue weighted by molar-refractivity contribution is 7.99. The number of halogens is 2. The number of thioether (sulfide) groups is 1. The van der Waals surface area contributed by atoms with Crippen molar-refractivity contribution >= 4 is 40.3 Å². The van der Waals surface area contributed by atoms with Crippen molar-refractivity contribution in [1.29, 1.82) is 0 Å². The summed E-state index contributed by atoms with van der Waals surface area (Å²) in [7, 11) is 1.64. The highest BCUT2D eigenvalue weighted by Gasteiger charge is 2.13. The predicted octanol–water partition coefficient (Wildman–Crippen LogP) is 3.88. The van der Waals surface area contributed by atoms with Crippen LogP contribution in [0.4, 0.5) is 4.39 Å². The van der Waals surface area contributed by atoms with Gasteiger partial charge in [0.25, 0.3) is 0 Å². The van der Waals surface area contributed by atoms with Gasteiger partial charge in [-0.15, -0.1) is 0 Å². The van der Waals surface area contributed by atoms with Gasteiger partial charge in [-0.3, -0.25) is 4.79 Å². The molecule has 0 saturated heterocycles. The Morgan fingerprint density at radius 3 is 2.81 bits per heavy atom. The lowest BCUT2D eigenvalue weighted by Crippen LogP contribution is -2.24. The number of hydrogen-bond donors (Lipinski definition) is 1. The first kappa shape index (κ1) is 19.7. The molecule has 0 aliphatic rings. The van der Waals surface area contributed by atoms with E-state index in [1.165, 1.54) is 23.9 Å². The van der Waals surface area contributed by atoms with Crippen LogP contribution in [0.5, 0.6) is 0 Å². The molecule has 142 valence electrons. The Morgan fingerprint density at radius 2 is 2.07 bits per heavy atom. The standard InChI is InChI=1S/C19H19ClFN3O2S/c1-26-9-8-24-17-7-4-14(20)10-16(17)23-19(24)27-12-18(25)22-11-13-2-5-15(21)6-3-13/h2-7,10H,8-9,11-12H2,1H3,(H,22,25). The van der Waals surface area contributed by atoms with Crippen LogP contribution in [0.3, 0.4) is 0 Å². The number of imidazole rings is 1. The molecule has 1 aromatic heterocycles. The summed E-state index contributed by atoms with van der Waals surface area (Å²) in [6.45, 7) is 1.53. The Labute approximate surface area is 165 Å². The quantitative estimate of drug-likeness (QED) is 0.576. The molecule has 0 fully saturated rings.